The normalized spacial score (nSPS) is 23.4. The molecule has 6 nitrogen and oxygen atoms in total. The lowest BCUT2D eigenvalue weighted by atomic mass is 9.89. The molecular formula is C30H37N3O3. The van der Waals surface area contributed by atoms with E-state index in [1.54, 1.807) is 0 Å². The van der Waals surface area contributed by atoms with Crippen LogP contribution >= 0.6 is 0 Å². The Labute approximate surface area is 214 Å². The summed E-state index contributed by atoms with van der Waals surface area (Å²) in [6.07, 6.45) is 8.57. The van der Waals surface area contributed by atoms with Crippen LogP contribution in [0.3, 0.4) is 0 Å². The summed E-state index contributed by atoms with van der Waals surface area (Å²) in [6.45, 7) is 6.49. The van der Waals surface area contributed by atoms with Gasteiger partial charge < -0.3 is 19.9 Å². The van der Waals surface area contributed by atoms with Crippen LogP contribution in [0.25, 0.3) is 6.08 Å². The van der Waals surface area contributed by atoms with Crippen molar-refractivity contribution in [2.75, 3.05) is 26.2 Å². The van der Waals surface area contributed by atoms with Crippen molar-refractivity contribution in [3.8, 4) is 0 Å². The molecule has 190 valence electrons. The summed E-state index contributed by atoms with van der Waals surface area (Å²) in [5, 5.41) is 3.02. The fourth-order valence-electron chi connectivity index (χ4n) is 5.57. The zero-order valence-electron chi connectivity index (χ0n) is 21.2. The Morgan fingerprint density at radius 1 is 1.00 bits per heavy atom. The summed E-state index contributed by atoms with van der Waals surface area (Å²) in [6, 6.07) is 15.9. The van der Waals surface area contributed by atoms with Crippen molar-refractivity contribution >= 4 is 17.9 Å². The summed E-state index contributed by atoms with van der Waals surface area (Å²) < 4.78 is 6.26. The molecule has 3 fully saturated rings. The van der Waals surface area contributed by atoms with Crippen molar-refractivity contribution in [2.45, 2.75) is 64.1 Å². The molecule has 2 aliphatic heterocycles. The highest BCUT2D eigenvalue weighted by atomic mass is 16.5. The minimum Gasteiger partial charge on any atom is -0.482 e. The molecule has 5 rings (SSSR count). The molecule has 2 unspecified atom stereocenters. The second-order valence-electron chi connectivity index (χ2n) is 10.4. The number of aryl methyl sites for hydroxylation is 1. The lowest BCUT2D eigenvalue weighted by Gasteiger charge is -2.44. The maximum atomic E-state index is 13.5. The highest BCUT2D eigenvalue weighted by molar-refractivity contribution is 5.97. The van der Waals surface area contributed by atoms with Crippen molar-refractivity contribution in [1.82, 2.24) is 15.1 Å². The van der Waals surface area contributed by atoms with Gasteiger partial charge in [-0.25, -0.2) is 0 Å². The van der Waals surface area contributed by atoms with E-state index in [-0.39, 0.29) is 24.0 Å². The Morgan fingerprint density at radius 3 is 2.47 bits per heavy atom. The molecule has 36 heavy (non-hydrogen) atoms. The number of amides is 2. The number of fused-ring (bicyclic) bond motifs is 1. The van der Waals surface area contributed by atoms with Crippen molar-refractivity contribution in [1.29, 1.82) is 0 Å². The van der Waals surface area contributed by atoms with E-state index in [9.17, 15) is 9.59 Å². The second kappa shape index (κ2) is 11.3. The number of likely N-dealkylation sites (tertiary alicyclic amines) is 1. The number of hydrogen-bond acceptors (Lipinski definition) is 4. The maximum Gasteiger partial charge on any atom is 0.289 e. The summed E-state index contributed by atoms with van der Waals surface area (Å²) >= 11 is 0. The topological polar surface area (TPSA) is 61.9 Å². The van der Waals surface area contributed by atoms with Gasteiger partial charge in [0.15, 0.2) is 5.76 Å². The first-order valence-corrected chi connectivity index (χ1v) is 13.4. The molecule has 2 aromatic rings. The molecule has 2 amide bonds. The van der Waals surface area contributed by atoms with Crippen LogP contribution in [0, 0.1) is 6.92 Å². The molecule has 2 heterocycles. The van der Waals surface area contributed by atoms with Crippen molar-refractivity contribution < 1.29 is 14.3 Å². The van der Waals surface area contributed by atoms with Gasteiger partial charge in [0.1, 0.15) is 6.10 Å². The van der Waals surface area contributed by atoms with Gasteiger partial charge in [-0.2, -0.15) is 0 Å². The Hall–Kier alpha value is -3.12. The Bertz CT molecular complexity index is 1090. The molecule has 2 aromatic carbocycles. The van der Waals surface area contributed by atoms with Crippen LogP contribution in [0.15, 0.2) is 54.3 Å². The number of morpholine rings is 1. The highest BCUT2D eigenvalue weighted by Crippen LogP contribution is 2.34. The van der Waals surface area contributed by atoms with Crippen LogP contribution in [-0.4, -0.2) is 59.9 Å². The summed E-state index contributed by atoms with van der Waals surface area (Å²) in [4.78, 5) is 30.4. The van der Waals surface area contributed by atoms with Gasteiger partial charge in [-0.15, -0.1) is 0 Å². The van der Waals surface area contributed by atoms with Gasteiger partial charge in [0.05, 0.1) is 6.04 Å². The molecule has 0 bridgehead atoms. The van der Waals surface area contributed by atoms with Gasteiger partial charge in [-0.05, 0) is 81.5 Å². The molecule has 3 aliphatic rings. The minimum atomic E-state index is -0.0623. The van der Waals surface area contributed by atoms with Crippen LogP contribution in [0.1, 0.15) is 65.6 Å². The van der Waals surface area contributed by atoms with Crippen molar-refractivity contribution in [2.24, 2.45) is 0 Å². The van der Waals surface area contributed by atoms with E-state index in [1.165, 1.54) is 18.4 Å². The summed E-state index contributed by atoms with van der Waals surface area (Å²) in [5.74, 6) is 0.281. The van der Waals surface area contributed by atoms with Gasteiger partial charge in [-0.3, -0.25) is 9.59 Å². The van der Waals surface area contributed by atoms with E-state index >= 15 is 0 Å². The number of nitrogens with zero attached hydrogens (tertiary/aromatic N) is 2. The molecular weight excluding hydrogens is 450 g/mol. The van der Waals surface area contributed by atoms with Crippen LogP contribution < -0.4 is 5.32 Å². The zero-order chi connectivity index (χ0) is 24.9. The SMILES string of the molecule is Cc1ccc(CN2C(=O)/C(=C\c3ccc(C(=O)NCCN4CCCC4)cc3)OC3CCCCC32)cc1. The Balaban J connectivity index is 1.26. The van der Waals surface area contributed by atoms with Crippen LogP contribution in [-0.2, 0) is 16.1 Å². The average molecular weight is 488 g/mol. The van der Waals surface area contributed by atoms with Crippen molar-refractivity contribution in [3.63, 3.8) is 0 Å². The number of carbonyl (C=O) groups is 2. The Morgan fingerprint density at radius 2 is 1.72 bits per heavy atom. The zero-order valence-corrected chi connectivity index (χ0v) is 21.2. The predicted octanol–water partition coefficient (Wildman–Crippen LogP) is 4.53. The molecule has 0 aromatic heterocycles. The van der Waals surface area contributed by atoms with E-state index in [4.69, 9.17) is 4.74 Å². The lowest BCUT2D eigenvalue weighted by Crippen LogP contribution is -2.54. The fourth-order valence-corrected chi connectivity index (χ4v) is 5.57. The smallest absolute Gasteiger partial charge is 0.289 e. The third kappa shape index (κ3) is 5.81. The van der Waals surface area contributed by atoms with Gasteiger partial charge in [0.2, 0.25) is 0 Å². The molecule has 1 N–H and O–H groups in total. The molecule has 6 heteroatoms. The van der Waals surface area contributed by atoms with E-state index in [0.717, 1.165) is 56.4 Å². The molecule has 1 aliphatic carbocycles. The molecule has 2 atom stereocenters. The Kier molecular flexibility index (Phi) is 7.71. The first-order chi connectivity index (χ1) is 17.6. The van der Waals surface area contributed by atoms with Crippen LogP contribution in [0.2, 0.25) is 0 Å². The van der Waals surface area contributed by atoms with Gasteiger partial charge in [0, 0.05) is 25.2 Å². The third-order valence-corrected chi connectivity index (χ3v) is 7.67. The molecule has 1 saturated carbocycles. The van der Waals surface area contributed by atoms with E-state index in [0.29, 0.717) is 24.4 Å². The van der Waals surface area contributed by atoms with Gasteiger partial charge in [0.25, 0.3) is 11.8 Å². The number of ether oxygens (including phenoxy) is 1. The molecule has 2 saturated heterocycles. The lowest BCUT2D eigenvalue weighted by molar-refractivity contribution is -0.149. The van der Waals surface area contributed by atoms with Crippen LogP contribution in [0.4, 0.5) is 0 Å². The summed E-state index contributed by atoms with van der Waals surface area (Å²) in [7, 11) is 0. The number of benzene rings is 2. The molecule has 0 radical (unpaired) electrons. The fraction of sp³-hybridized carbons (Fsp3) is 0.467. The first kappa shape index (κ1) is 24.6. The van der Waals surface area contributed by atoms with E-state index in [1.807, 2.05) is 35.2 Å². The maximum absolute atomic E-state index is 13.5. The quantitative estimate of drug-likeness (QED) is 0.583. The number of rotatable bonds is 7. The van der Waals surface area contributed by atoms with Gasteiger partial charge in [-0.1, -0.05) is 48.4 Å². The van der Waals surface area contributed by atoms with E-state index < -0.39 is 0 Å². The highest BCUT2D eigenvalue weighted by Gasteiger charge is 2.41. The third-order valence-electron chi connectivity index (χ3n) is 7.67. The largest absolute Gasteiger partial charge is 0.482 e. The monoisotopic (exact) mass is 487 g/mol. The first-order valence-electron chi connectivity index (χ1n) is 13.4. The van der Waals surface area contributed by atoms with Gasteiger partial charge >= 0.3 is 0 Å². The predicted molar refractivity (Wildman–Crippen MR) is 141 cm³/mol. The summed E-state index contributed by atoms with van der Waals surface area (Å²) in [5.41, 5.74) is 3.84. The number of nitrogens with one attached hydrogen (secondary N) is 1. The minimum absolute atomic E-state index is 0.0359. The standard InChI is InChI=1S/C30H37N3O3/c1-22-8-10-24(11-9-22)21-33-26-6-2-3-7-27(26)36-28(30(33)35)20-23-12-14-25(15-13-23)29(34)31-16-19-32-17-4-5-18-32/h8-15,20,26-27H,2-7,16-19,21H2,1H3,(H,31,34)/b28-20+. The number of carbonyl (C=O) groups excluding carboxylic acids is 2. The van der Waals surface area contributed by atoms with Crippen molar-refractivity contribution in [3.05, 3.63) is 76.5 Å². The second-order valence-corrected chi connectivity index (χ2v) is 10.4. The van der Waals surface area contributed by atoms with E-state index in [2.05, 4.69) is 41.4 Å². The number of hydrogen-bond donors (Lipinski definition) is 1. The molecule has 0 spiro atoms. The average Bonchev–Trinajstić information content (AvgIpc) is 3.42. The van der Waals surface area contributed by atoms with Crippen LogP contribution in [0.5, 0.6) is 0 Å².